The van der Waals surface area contributed by atoms with Crippen molar-refractivity contribution in [3.05, 3.63) is 11.8 Å². The fraction of sp³-hybridized carbons (Fsp3) is 0.615. The molecule has 0 atom stereocenters. The second-order valence-electron chi connectivity index (χ2n) is 4.29. The van der Waals surface area contributed by atoms with Gasteiger partial charge in [0.25, 0.3) is 0 Å². The van der Waals surface area contributed by atoms with Crippen LogP contribution in [0, 0.1) is 0 Å². The van der Waals surface area contributed by atoms with Crippen molar-refractivity contribution >= 4 is 18.1 Å². The third kappa shape index (κ3) is 6.83. The average molecular weight is 252 g/mol. The summed E-state index contributed by atoms with van der Waals surface area (Å²) in [6, 6.07) is 0. The fourth-order valence-corrected chi connectivity index (χ4v) is 1.71. The third-order valence-corrected chi connectivity index (χ3v) is 2.66. The summed E-state index contributed by atoms with van der Waals surface area (Å²) in [5.41, 5.74) is 1.10. The van der Waals surface area contributed by atoms with E-state index in [4.69, 9.17) is 5.11 Å². The van der Waals surface area contributed by atoms with Crippen LogP contribution in [0.2, 0.25) is 0 Å². The van der Waals surface area contributed by atoms with Crippen molar-refractivity contribution in [2.45, 2.75) is 44.9 Å². The lowest BCUT2D eigenvalue weighted by atomic mass is 10.1. The molecular formula is C13H20N2O3. The van der Waals surface area contributed by atoms with Crippen LogP contribution >= 0.6 is 0 Å². The van der Waals surface area contributed by atoms with Gasteiger partial charge in [0.2, 0.25) is 5.91 Å². The molecule has 0 unspecified atom stereocenters. The van der Waals surface area contributed by atoms with Gasteiger partial charge in [0.05, 0.1) is 0 Å². The number of rotatable bonds is 8. The van der Waals surface area contributed by atoms with Crippen LogP contribution < -0.4 is 5.32 Å². The van der Waals surface area contributed by atoms with E-state index < -0.39 is 5.97 Å². The number of carbonyl (C=O) groups is 2. The molecule has 2 N–H and O–H groups in total. The zero-order valence-electron chi connectivity index (χ0n) is 10.5. The lowest BCUT2D eigenvalue weighted by molar-refractivity contribution is -0.137. The third-order valence-electron chi connectivity index (χ3n) is 2.66. The highest BCUT2D eigenvalue weighted by Crippen LogP contribution is 2.11. The second-order valence-corrected chi connectivity index (χ2v) is 4.29. The van der Waals surface area contributed by atoms with Crippen molar-refractivity contribution in [1.82, 2.24) is 5.32 Å². The van der Waals surface area contributed by atoms with Gasteiger partial charge in [-0.1, -0.05) is 6.08 Å². The Morgan fingerprint density at radius 1 is 1.28 bits per heavy atom. The van der Waals surface area contributed by atoms with Gasteiger partial charge in [-0.15, -0.1) is 0 Å². The summed E-state index contributed by atoms with van der Waals surface area (Å²) in [6.07, 6.45) is 8.62. The van der Waals surface area contributed by atoms with Crippen LogP contribution in [0.3, 0.4) is 0 Å². The van der Waals surface area contributed by atoms with Crippen LogP contribution in [0.25, 0.3) is 0 Å². The van der Waals surface area contributed by atoms with Gasteiger partial charge in [-0.25, -0.2) is 0 Å². The SMILES string of the molecule is O=C(O)CCCC(=O)NCCCC1=CCCC=N1. The first kappa shape index (κ1) is 14.4. The fourth-order valence-electron chi connectivity index (χ4n) is 1.71. The zero-order valence-corrected chi connectivity index (χ0v) is 10.5. The predicted molar refractivity (Wildman–Crippen MR) is 69.5 cm³/mol. The number of carboxylic acid groups (broad SMARTS) is 1. The summed E-state index contributed by atoms with van der Waals surface area (Å²) in [5, 5.41) is 11.2. The molecule has 0 bridgehead atoms. The Labute approximate surface area is 107 Å². The molecule has 0 aromatic rings. The monoisotopic (exact) mass is 252 g/mol. The van der Waals surface area contributed by atoms with Gasteiger partial charge in [0.15, 0.2) is 0 Å². The first-order chi connectivity index (χ1) is 8.68. The topological polar surface area (TPSA) is 78.8 Å². The maximum absolute atomic E-state index is 11.3. The first-order valence-corrected chi connectivity index (χ1v) is 6.38. The first-order valence-electron chi connectivity index (χ1n) is 6.38. The van der Waals surface area contributed by atoms with Crippen molar-refractivity contribution < 1.29 is 14.7 Å². The Balaban J connectivity index is 2.00. The Morgan fingerprint density at radius 3 is 2.78 bits per heavy atom. The normalized spacial score (nSPS) is 14.1. The van der Waals surface area contributed by atoms with E-state index >= 15 is 0 Å². The van der Waals surface area contributed by atoms with Crippen LogP contribution in [-0.2, 0) is 9.59 Å². The molecule has 5 nitrogen and oxygen atoms in total. The van der Waals surface area contributed by atoms with Crippen molar-refractivity contribution in [2.75, 3.05) is 6.54 Å². The molecule has 0 aliphatic carbocycles. The number of nitrogens with one attached hydrogen (secondary N) is 1. The summed E-state index contributed by atoms with van der Waals surface area (Å²) in [6.45, 7) is 0.624. The minimum absolute atomic E-state index is 0.0506. The van der Waals surface area contributed by atoms with Gasteiger partial charge in [-0.2, -0.15) is 0 Å². The van der Waals surface area contributed by atoms with E-state index in [0.29, 0.717) is 13.0 Å². The maximum atomic E-state index is 11.3. The second kappa shape index (κ2) is 8.44. The molecule has 1 amide bonds. The highest BCUT2D eigenvalue weighted by atomic mass is 16.4. The number of aliphatic imine (C=N–C) groups is 1. The van der Waals surface area contributed by atoms with Gasteiger partial charge in [-0.05, 0) is 32.1 Å². The Bertz CT molecular complexity index is 348. The van der Waals surface area contributed by atoms with Crippen LogP contribution in [-0.4, -0.2) is 29.7 Å². The molecule has 0 saturated heterocycles. The van der Waals surface area contributed by atoms with Crippen LogP contribution in [0.4, 0.5) is 0 Å². The van der Waals surface area contributed by atoms with Crippen molar-refractivity contribution in [2.24, 2.45) is 4.99 Å². The maximum Gasteiger partial charge on any atom is 0.303 e. The minimum atomic E-state index is -0.857. The predicted octanol–water partition coefficient (Wildman–Crippen LogP) is 1.89. The summed E-state index contributed by atoms with van der Waals surface area (Å²) >= 11 is 0. The number of aliphatic carboxylic acids is 1. The van der Waals surface area contributed by atoms with E-state index in [1.807, 2.05) is 6.21 Å². The van der Waals surface area contributed by atoms with E-state index in [-0.39, 0.29) is 18.7 Å². The quantitative estimate of drug-likeness (QED) is 0.647. The van der Waals surface area contributed by atoms with E-state index in [1.54, 1.807) is 0 Å². The Hall–Kier alpha value is -1.65. The molecule has 0 aromatic carbocycles. The molecule has 1 rings (SSSR count). The van der Waals surface area contributed by atoms with Crippen molar-refractivity contribution in [3.63, 3.8) is 0 Å². The Morgan fingerprint density at radius 2 is 2.11 bits per heavy atom. The molecule has 0 radical (unpaired) electrons. The van der Waals surface area contributed by atoms with Gasteiger partial charge in [0, 0.05) is 31.3 Å². The van der Waals surface area contributed by atoms with Crippen LogP contribution in [0.1, 0.15) is 44.9 Å². The van der Waals surface area contributed by atoms with Gasteiger partial charge in [-0.3, -0.25) is 14.6 Å². The molecule has 0 saturated carbocycles. The lowest BCUT2D eigenvalue weighted by Crippen LogP contribution is -2.24. The van der Waals surface area contributed by atoms with Gasteiger partial charge < -0.3 is 10.4 Å². The summed E-state index contributed by atoms with van der Waals surface area (Å²) in [7, 11) is 0. The molecule has 100 valence electrons. The number of nitrogens with zero attached hydrogens (tertiary/aromatic N) is 1. The largest absolute Gasteiger partial charge is 0.481 e. The summed E-state index contributed by atoms with van der Waals surface area (Å²) in [5.74, 6) is -0.928. The standard InChI is InChI=1S/C13H20N2O3/c16-12(7-3-8-13(17)18)15-10-4-6-11-5-1-2-9-14-11/h5,9H,1-4,6-8,10H2,(H,15,16)(H,17,18). The number of hydrogen-bond donors (Lipinski definition) is 2. The summed E-state index contributed by atoms with van der Waals surface area (Å²) in [4.78, 5) is 25.9. The molecule has 1 aliphatic rings. The van der Waals surface area contributed by atoms with Gasteiger partial charge in [0.1, 0.15) is 0 Å². The number of allylic oxidation sites excluding steroid dienone is 2. The van der Waals surface area contributed by atoms with Crippen LogP contribution in [0.15, 0.2) is 16.8 Å². The molecule has 1 heterocycles. The molecule has 0 fully saturated rings. The average Bonchev–Trinajstić information content (AvgIpc) is 2.35. The smallest absolute Gasteiger partial charge is 0.303 e. The summed E-state index contributed by atoms with van der Waals surface area (Å²) < 4.78 is 0. The van der Waals surface area contributed by atoms with E-state index in [9.17, 15) is 9.59 Å². The van der Waals surface area contributed by atoms with E-state index in [0.717, 1.165) is 31.4 Å². The van der Waals surface area contributed by atoms with Crippen LogP contribution in [0.5, 0.6) is 0 Å². The number of hydrogen-bond acceptors (Lipinski definition) is 3. The van der Waals surface area contributed by atoms with E-state index in [2.05, 4.69) is 16.4 Å². The minimum Gasteiger partial charge on any atom is -0.481 e. The Kier molecular flexibility index (Phi) is 6.76. The molecule has 1 aliphatic heterocycles. The molecule has 5 heteroatoms. The number of carbonyl (C=O) groups excluding carboxylic acids is 1. The highest BCUT2D eigenvalue weighted by molar-refractivity contribution is 5.76. The molecular weight excluding hydrogens is 232 g/mol. The van der Waals surface area contributed by atoms with E-state index in [1.165, 1.54) is 0 Å². The lowest BCUT2D eigenvalue weighted by Gasteiger charge is -2.07. The van der Waals surface area contributed by atoms with Crippen molar-refractivity contribution in [1.29, 1.82) is 0 Å². The molecule has 0 spiro atoms. The number of amides is 1. The zero-order chi connectivity index (χ0) is 13.2. The van der Waals surface area contributed by atoms with Gasteiger partial charge >= 0.3 is 5.97 Å². The molecule has 18 heavy (non-hydrogen) atoms. The molecule has 0 aromatic heterocycles. The highest BCUT2D eigenvalue weighted by Gasteiger charge is 2.04. The van der Waals surface area contributed by atoms with Crippen molar-refractivity contribution in [3.8, 4) is 0 Å². The number of carboxylic acids is 1.